The Morgan fingerprint density at radius 3 is 2.62 bits per heavy atom. The Morgan fingerprint density at radius 2 is 1.94 bits per heavy atom. The molecular weight excluding hydrogens is 196 g/mol. The summed E-state index contributed by atoms with van der Waals surface area (Å²) in [6.45, 7) is 0. The molecule has 1 unspecified atom stereocenters. The third kappa shape index (κ3) is 1.72. The lowest BCUT2D eigenvalue weighted by molar-refractivity contribution is 0.363. The lowest BCUT2D eigenvalue weighted by Gasteiger charge is -2.29. The van der Waals surface area contributed by atoms with Crippen molar-refractivity contribution in [2.75, 3.05) is 0 Å². The second-order valence-electron chi connectivity index (χ2n) is 5.04. The fraction of sp³-hybridized carbons (Fsp3) is 0.500. The van der Waals surface area contributed by atoms with Gasteiger partial charge in [0.25, 0.3) is 0 Å². The molecule has 2 saturated heterocycles. The largest absolute Gasteiger partial charge is 0.311 e. The van der Waals surface area contributed by atoms with Gasteiger partial charge in [0.1, 0.15) is 0 Å². The van der Waals surface area contributed by atoms with Gasteiger partial charge in [0.15, 0.2) is 0 Å². The van der Waals surface area contributed by atoms with Crippen molar-refractivity contribution < 1.29 is 0 Å². The van der Waals surface area contributed by atoms with Crippen LogP contribution in [0.5, 0.6) is 0 Å². The maximum Gasteiger partial charge on any atom is 0.0991 e. The first-order chi connectivity index (χ1) is 7.85. The third-order valence-corrected chi connectivity index (χ3v) is 3.96. The summed E-state index contributed by atoms with van der Waals surface area (Å²) < 4.78 is 0. The lowest BCUT2D eigenvalue weighted by atomic mass is 9.86. The smallest absolute Gasteiger partial charge is 0.0991 e. The van der Waals surface area contributed by atoms with Crippen molar-refractivity contribution in [3.05, 3.63) is 35.4 Å². The Bertz CT molecular complexity index is 421. The second-order valence-corrected chi connectivity index (χ2v) is 5.04. The second kappa shape index (κ2) is 3.92. The summed E-state index contributed by atoms with van der Waals surface area (Å²) in [6.07, 6.45) is 5.15. The third-order valence-electron chi connectivity index (χ3n) is 3.96. The lowest BCUT2D eigenvalue weighted by Crippen LogP contribution is -2.37. The minimum atomic E-state index is 0.659. The van der Waals surface area contributed by atoms with Gasteiger partial charge in [-0.15, -0.1) is 0 Å². The van der Waals surface area contributed by atoms with Gasteiger partial charge in [-0.3, -0.25) is 0 Å². The van der Waals surface area contributed by atoms with Crippen molar-refractivity contribution in [2.45, 2.75) is 43.7 Å². The van der Waals surface area contributed by atoms with Gasteiger partial charge >= 0.3 is 0 Å². The summed E-state index contributed by atoms with van der Waals surface area (Å²) in [5.41, 5.74) is 2.15. The first kappa shape index (κ1) is 9.86. The predicted octanol–water partition coefficient (Wildman–Crippen LogP) is 2.56. The summed E-state index contributed by atoms with van der Waals surface area (Å²) in [5, 5.41) is 12.6. The minimum absolute atomic E-state index is 0.659. The van der Waals surface area contributed by atoms with Crippen molar-refractivity contribution >= 4 is 0 Å². The number of nitriles is 1. The highest BCUT2D eigenvalue weighted by Gasteiger charge is 2.33. The molecule has 3 atom stereocenters. The van der Waals surface area contributed by atoms with Crippen LogP contribution in [-0.2, 0) is 0 Å². The topological polar surface area (TPSA) is 35.8 Å². The number of hydrogen-bond acceptors (Lipinski definition) is 2. The van der Waals surface area contributed by atoms with Gasteiger partial charge < -0.3 is 5.32 Å². The van der Waals surface area contributed by atoms with Gasteiger partial charge in [-0.25, -0.2) is 0 Å². The van der Waals surface area contributed by atoms with E-state index in [1.807, 2.05) is 12.1 Å². The van der Waals surface area contributed by atoms with E-state index in [9.17, 15) is 0 Å². The van der Waals surface area contributed by atoms with Crippen LogP contribution in [0.25, 0.3) is 0 Å². The number of hydrogen-bond donors (Lipinski definition) is 1. The molecule has 0 radical (unpaired) electrons. The number of nitrogens with zero attached hydrogens (tertiary/aromatic N) is 1. The van der Waals surface area contributed by atoms with Gasteiger partial charge in [0.2, 0.25) is 0 Å². The maximum atomic E-state index is 8.91. The Kier molecular flexibility index (Phi) is 2.41. The van der Waals surface area contributed by atoms with E-state index in [0.717, 1.165) is 17.6 Å². The molecule has 0 aliphatic carbocycles. The van der Waals surface area contributed by atoms with Crippen molar-refractivity contribution in [3.8, 4) is 6.07 Å². The predicted molar refractivity (Wildman–Crippen MR) is 63.1 cm³/mol. The van der Waals surface area contributed by atoms with Crippen molar-refractivity contribution in [3.63, 3.8) is 0 Å². The van der Waals surface area contributed by atoms with Crippen LogP contribution in [0.3, 0.4) is 0 Å². The molecule has 2 bridgehead atoms. The molecule has 0 spiro atoms. The molecule has 2 heteroatoms. The van der Waals surface area contributed by atoms with E-state index in [1.165, 1.54) is 31.2 Å². The fourth-order valence-corrected chi connectivity index (χ4v) is 3.19. The highest BCUT2D eigenvalue weighted by atomic mass is 15.0. The summed E-state index contributed by atoms with van der Waals surface area (Å²) in [7, 11) is 0. The number of piperidine rings is 1. The molecule has 2 heterocycles. The van der Waals surface area contributed by atoms with E-state index in [1.54, 1.807) is 0 Å². The minimum Gasteiger partial charge on any atom is -0.311 e. The monoisotopic (exact) mass is 212 g/mol. The van der Waals surface area contributed by atoms with Crippen LogP contribution in [-0.4, -0.2) is 12.1 Å². The van der Waals surface area contributed by atoms with Crippen molar-refractivity contribution in [1.82, 2.24) is 5.32 Å². The van der Waals surface area contributed by atoms with Gasteiger partial charge in [0, 0.05) is 12.1 Å². The number of fused-ring (bicyclic) bond motifs is 2. The van der Waals surface area contributed by atoms with Crippen LogP contribution in [0.4, 0.5) is 0 Å². The molecule has 82 valence electrons. The molecule has 2 aliphatic rings. The molecule has 1 aromatic carbocycles. The molecule has 2 fully saturated rings. The average Bonchev–Trinajstić information content (AvgIpc) is 2.68. The molecule has 3 rings (SSSR count). The number of rotatable bonds is 1. The van der Waals surface area contributed by atoms with E-state index in [2.05, 4.69) is 23.5 Å². The van der Waals surface area contributed by atoms with Crippen LogP contribution >= 0.6 is 0 Å². The van der Waals surface area contributed by atoms with Crippen LogP contribution in [0.2, 0.25) is 0 Å². The quantitative estimate of drug-likeness (QED) is 0.776. The molecule has 1 N–H and O–H groups in total. The van der Waals surface area contributed by atoms with Gasteiger partial charge in [-0.1, -0.05) is 12.1 Å². The summed E-state index contributed by atoms with van der Waals surface area (Å²) >= 11 is 0. The highest BCUT2D eigenvalue weighted by molar-refractivity contribution is 5.35. The van der Waals surface area contributed by atoms with Crippen molar-refractivity contribution in [2.24, 2.45) is 0 Å². The first-order valence-electron chi connectivity index (χ1n) is 6.11. The van der Waals surface area contributed by atoms with Gasteiger partial charge in [-0.2, -0.15) is 5.26 Å². The Labute approximate surface area is 96.3 Å². The van der Waals surface area contributed by atoms with Gasteiger partial charge in [0.05, 0.1) is 11.6 Å². The molecule has 0 aromatic heterocycles. The van der Waals surface area contributed by atoms with E-state index in [-0.39, 0.29) is 0 Å². The molecular formula is C14H16N2. The molecule has 1 aromatic rings. The van der Waals surface area contributed by atoms with E-state index in [4.69, 9.17) is 5.26 Å². The van der Waals surface area contributed by atoms with Crippen LogP contribution in [0, 0.1) is 11.3 Å². The van der Waals surface area contributed by atoms with Crippen LogP contribution in [0.15, 0.2) is 24.3 Å². The first-order valence-corrected chi connectivity index (χ1v) is 6.11. The number of nitrogens with one attached hydrogen (secondary N) is 1. The zero-order valence-electron chi connectivity index (χ0n) is 9.32. The number of benzene rings is 1. The van der Waals surface area contributed by atoms with E-state index in [0.29, 0.717) is 5.92 Å². The highest BCUT2D eigenvalue weighted by Crippen LogP contribution is 2.37. The molecule has 0 saturated carbocycles. The van der Waals surface area contributed by atoms with Crippen LogP contribution < -0.4 is 5.32 Å². The summed E-state index contributed by atoms with van der Waals surface area (Å²) in [6, 6.07) is 11.8. The summed E-state index contributed by atoms with van der Waals surface area (Å²) in [5.74, 6) is 0.659. The SMILES string of the molecule is N#Cc1cccc(C2C[C@H]3CC[C@@H](C2)N3)c1. The Hall–Kier alpha value is -1.33. The van der Waals surface area contributed by atoms with Gasteiger partial charge in [-0.05, 0) is 49.3 Å². The molecule has 16 heavy (non-hydrogen) atoms. The average molecular weight is 212 g/mol. The normalized spacial score (nSPS) is 32.3. The van der Waals surface area contributed by atoms with E-state index < -0.39 is 0 Å². The van der Waals surface area contributed by atoms with Crippen LogP contribution in [0.1, 0.15) is 42.7 Å². The Balaban J connectivity index is 1.84. The molecule has 2 nitrogen and oxygen atoms in total. The fourth-order valence-electron chi connectivity index (χ4n) is 3.19. The molecule has 2 aliphatic heterocycles. The summed E-state index contributed by atoms with van der Waals surface area (Å²) in [4.78, 5) is 0. The van der Waals surface area contributed by atoms with Crippen molar-refractivity contribution in [1.29, 1.82) is 5.26 Å². The molecule has 0 amide bonds. The zero-order chi connectivity index (χ0) is 11.0. The van der Waals surface area contributed by atoms with E-state index >= 15 is 0 Å². The zero-order valence-corrected chi connectivity index (χ0v) is 9.32. The standard InChI is InChI=1S/C14H16N2/c15-9-10-2-1-3-11(6-10)12-7-13-4-5-14(8-12)16-13/h1-3,6,12-14,16H,4-5,7-8H2/t12?,13-,14+. The Morgan fingerprint density at radius 1 is 1.19 bits per heavy atom. The maximum absolute atomic E-state index is 8.91.